The van der Waals surface area contributed by atoms with Crippen LogP contribution in [0.5, 0.6) is 0 Å². The van der Waals surface area contributed by atoms with E-state index in [4.69, 9.17) is 0 Å². The number of hydrogen-bond donors (Lipinski definition) is 0. The fourth-order valence-electron chi connectivity index (χ4n) is 3.07. The molecule has 0 aromatic carbocycles. The van der Waals surface area contributed by atoms with Crippen molar-refractivity contribution < 1.29 is 0 Å². The van der Waals surface area contributed by atoms with Gasteiger partial charge in [-0.3, -0.25) is 4.90 Å². The first-order valence-corrected chi connectivity index (χ1v) is 8.25. The van der Waals surface area contributed by atoms with Crippen LogP contribution >= 0.6 is 11.8 Å². The van der Waals surface area contributed by atoms with Crippen molar-refractivity contribution in [2.45, 2.75) is 38.1 Å². The van der Waals surface area contributed by atoms with Gasteiger partial charge in [-0.2, -0.15) is 11.8 Å². The second-order valence-corrected chi connectivity index (χ2v) is 6.17. The number of nitrogens with zero attached hydrogens (tertiary/aromatic N) is 2. The van der Waals surface area contributed by atoms with Gasteiger partial charge < -0.3 is 4.90 Å². The highest BCUT2D eigenvalue weighted by atomic mass is 32.2. The van der Waals surface area contributed by atoms with Crippen LogP contribution < -0.4 is 0 Å². The lowest BCUT2D eigenvalue weighted by Crippen LogP contribution is -2.37. The van der Waals surface area contributed by atoms with Gasteiger partial charge in [-0.25, -0.2) is 0 Å². The standard InChI is InChI=1S/C13H26N2S/c1-16-11-3-2-7-14-8-5-10-15-9-4-6-13(15)12-14/h13H,2-12H2,1H3. The highest BCUT2D eigenvalue weighted by Gasteiger charge is 2.28. The monoisotopic (exact) mass is 242 g/mol. The summed E-state index contributed by atoms with van der Waals surface area (Å²) in [4.78, 5) is 5.44. The van der Waals surface area contributed by atoms with E-state index in [1.54, 1.807) is 0 Å². The minimum atomic E-state index is 0.892. The fourth-order valence-corrected chi connectivity index (χ4v) is 3.56. The summed E-state index contributed by atoms with van der Waals surface area (Å²) >= 11 is 1.98. The molecule has 0 N–H and O–H groups in total. The Labute approximate surface area is 105 Å². The van der Waals surface area contributed by atoms with Gasteiger partial charge in [-0.05, 0) is 70.3 Å². The summed E-state index contributed by atoms with van der Waals surface area (Å²) in [6, 6.07) is 0.892. The van der Waals surface area contributed by atoms with Gasteiger partial charge in [0.25, 0.3) is 0 Å². The predicted octanol–water partition coefficient (Wildman–Crippen LogP) is 2.30. The zero-order valence-corrected chi connectivity index (χ0v) is 11.5. The fraction of sp³-hybridized carbons (Fsp3) is 1.00. The lowest BCUT2D eigenvalue weighted by molar-refractivity contribution is 0.218. The van der Waals surface area contributed by atoms with E-state index < -0.39 is 0 Å². The molecule has 0 bridgehead atoms. The molecule has 0 aliphatic carbocycles. The predicted molar refractivity (Wildman–Crippen MR) is 73.3 cm³/mol. The molecule has 1 atom stereocenters. The highest BCUT2D eigenvalue weighted by molar-refractivity contribution is 7.98. The number of unbranched alkanes of at least 4 members (excludes halogenated alkanes) is 1. The van der Waals surface area contributed by atoms with Gasteiger partial charge in [-0.1, -0.05) is 0 Å². The topological polar surface area (TPSA) is 6.48 Å². The van der Waals surface area contributed by atoms with Crippen LogP contribution in [0.25, 0.3) is 0 Å². The third-order valence-corrected chi connectivity index (χ3v) is 4.66. The molecule has 2 heterocycles. The Bertz CT molecular complexity index is 198. The molecule has 2 nitrogen and oxygen atoms in total. The van der Waals surface area contributed by atoms with Crippen LogP contribution in [0.15, 0.2) is 0 Å². The molecule has 94 valence electrons. The lowest BCUT2D eigenvalue weighted by Gasteiger charge is -2.25. The quantitative estimate of drug-likeness (QED) is 0.683. The van der Waals surface area contributed by atoms with E-state index >= 15 is 0 Å². The summed E-state index contributed by atoms with van der Waals surface area (Å²) in [6.07, 6.45) is 9.27. The summed E-state index contributed by atoms with van der Waals surface area (Å²) < 4.78 is 0. The van der Waals surface area contributed by atoms with Crippen molar-refractivity contribution in [2.24, 2.45) is 0 Å². The van der Waals surface area contributed by atoms with E-state index in [1.165, 1.54) is 70.6 Å². The zero-order valence-electron chi connectivity index (χ0n) is 10.7. The molecule has 0 spiro atoms. The molecular weight excluding hydrogens is 216 g/mol. The van der Waals surface area contributed by atoms with Gasteiger partial charge in [0.2, 0.25) is 0 Å². The van der Waals surface area contributed by atoms with Crippen LogP contribution in [0, 0.1) is 0 Å². The first-order chi connectivity index (χ1) is 7.90. The SMILES string of the molecule is CSCCCCN1CCCN2CCCC2C1. The lowest BCUT2D eigenvalue weighted by atomic mass is 10.2. The van der Waals surface area contributed by atoms with E-state index in [0.717, 1.165) is 6.04 Å². The number of rotatable bonds is 5. The Morgan fingerprint density at radius 3 is 2.88 bits per heavy atom. The van der Waals surface area contributed by atoms with Crippen molar-refractivity contribution in [3.63, 3.8) is 0 Å². The summed E-state index contributed by atoms with van der Waals surface area (Å²) in [7, 11) is 0. The highest BCUT2D eigenvalue weighted by Crippen LogP contribution is 2.21. The van der Waals surface area contributed by atoms with Crippen molar-refractivity contribution in [2.75, 3.05) is 44.7 Å². The molecule has 0 aromatic rings. The van der Waals surface area contributed by atoms with Gasteiger partial charge in [-0.15, -0.1) is 0 Å². The second kappa shape index (κ2) is 6.87. The second-order valence-electron chi connectivity index (χ2n) is 5.19. The minimum Gasteiger partial charge on any atom is -0.302 e. The van der Waals surface area contributed by atoms with E-state index in [1.807, 2.05) is 11.8 Å². The van der Waals surface area contributed by atoms with Crippen LogP contribution in [-0.4, -0.2) is 60.6 Å². The zero-order chi connectivity index (χ0) is 11.2. The van der Waals surface area contributed by atoms with Crippen LogP contribution in [0.2, 0.25) is 0 Å². The molecule has 2 rings (SSSR count). The number of thioether (sulfide) groups is 1. The molecule has 2 saturated heterocycles. The molecule has 0 aromatic heterocycles. The van der Waals surface area contributed by atoms with Crippen LogP contribution in [0.3, 0.4) is 0 Å². The number of hydrogen-bond acceptors (Lipinski definition) is 3. The van der Waals surface area contributed by atoms with E-state index in [0.29, 0.717) is 0 Å². The largest absolute Gasteiger partial charge is 0.302 e. The molecular formula is C13H26N2S. The average Bonchev–Trinajstić information content (AvgIpc) is 2.63. The van der Waals surface area contributed by atoms with E-state index in [2.05, 4.69) is 16.1 Å². The van der Waals surface area contributed by atoms with Crippen molar-refractivity contribution >= 4 is 11.8 Å². The minimum absolute atomic E-state index is 0.892. The van der Waals surface area contributed by atoms with Crippen molar-refractivity contribution in [3.05, 3.63) is 0 Å². The Hall–Kier alpha value is 0.270. The first-order valence-electron chi connectivity index (χ1n) is 6.85. The molecule has 2 aliphatic rings. The van der Waals surface area contributed by atoms with E-state index in [9.17, 15) is 0 Å². The maximum absolute atomic E-state index is 2.72. The first kappa shape index (κ1) is 12.7. The Balaban J connectivity index is 1.69. The van der Waals surface area contributed by atoms with Crippen LogP contribution in [-0.2, 0) is 0 Å². The summed E-state index contributed by atoms with van der Waals surface area (Å²) in [5.41, 5.74) is 0. The number of fused-ring (bicyclic) bond motifs is 1. The van der Waals surface area contributed by atoms with Gasteiger partial charge in [0.15, 0.2) is 0 Å². The third kappa shape index (κ3) is 3.64. The summed E-state index contributed by atoms with van der Waals surface area (Å²) in [6.45, 7) is 6.74. The molecule has 0 radical (unpaired) electrons. The Kier molecular flexibility index (Phi) is 5.46. The molecule has 2 aliphatic heterocycles. The third-order valence-electron chi connectivity index (χ3n) is 3.96. The normalized spacial score (nSPS) is 27.9. The van der Waals surface area contributed by atoms with Crippen molar-refractivity contribution in [1.29, 1.82) is 0 Å². The molecule has 1 unspecified atom stereocenters. The van der Waals surface area contributed by atoms with Gasteiger partial charge >= 0.3 is 0 Å². The maximum atomic E-state index is 2.72. The van der Waals surface area contributed by atoms with Crippen LogP contribution in [0.4, 0.5) is 0 Å². The Morgan fingerprint density at radius 1 is 1.12 bits per heavy atom. The average molecular weight is 242 g/mol. The molecule has 0 amide bonds. The van der Waals surface area contributed by atoms with Crippen molar-refractivity contribution in [1.82, 2.24) is 9.80 Å². The van der Waals surface area contributed by atoms with Crippen molar-refractivity contribution in [3.8, 4) is 0 Å². The smallest absolute Gasteiger partial charge is 0.0223 e. The van der Waals surface area contributed by atoms with Crippen LogP contribution in [0.1, 0.15) is 32.1 Å². The molecule has 16 heavy (non-hydrogen) atoms. The Morgan fingerprint density at radius 2 is 2.00 bits per heavy atom. The van der Waals surface area contributed by atoms with Gasteiger partial charge in [0.1, 0.15) is 0 Å². The molecule has 0 saturated carbocycles. The summed E-state index contributed by atoms with van der Waals surface area (Å²) in [5.74, 6) is 1.34. The molecule has 3 heteroatoms. The van der Waals surface area contributed by atoms with Gasteiger partial charge in [0.05, 0.1) is 0 Å². The summed E-state index contributed by atoms with van der Waals surface area (Å²) in [5, 5.41) is 0. The molecule has 2 fully saturated rings. The van der Waals surface area contributed by atoms with Gasteiger partial charge in [0, 0.05) is 12.6 Å². The van der Waals surface area contributed by atoms with E-state index in [-0.39, 0.29) is 0 Å². The maximum Gasteiger partial charge on any atom is 0.0223 e.